The Morgan fingerprint density at radius 2 is 2.11 bits per heavy atom. The fourth-order valence-electron chi connectivity index (χ4n) is 2.61. The van der Waals surface area contributed by atoms with Crippen molar-refractivity contribution in [2.75, 3.05) is 18.0 Å². The third kappa shape index (κ3) is 2.66. The predicted octanol–water partition coefficient (Wildman–Crippen LogP) is 2.96. The summed E-state index contributed by atoms with van der Waals surface area (Å²) in [5.41, 5.74) is 2.18. The summed E-state index contributed by atoms with van der Waals surface area (Å²) in [4.78, 5) is 2.40. The van der Waals surface area contributed by atoms with Crippen LogP contribution in [0.2, 0.25) is 0 Å². The molecule has 0 spiro atoms. The van der Waals surface area contributed by atoms with Gasteiger partial charge in [-0.2, -0.15) is 0 Å². The normalized spacial score (nSPS) is 24.7. The first-order valence-corrected chi connectivity index (χ1v) is 6.75. The van der Waals surface area contributed by atoms with Gasteiger partial charge in [-0.3, -0.25) is 0 Å². The Morgan fingerprint density at radius 1 is 1.39 bits per heavy atom. The van der Waals surface area contributed by atoms with Crippen LogP contribution in [0.3, 0.4) is 0 Å². The van der Waals surface area contributed by atoms with Gasteiger partial charge in [0.25, 0.3) is 0 Å². The maximum Gasteiger partial charge on any atom is 0.123 e. The lowest BCUT2D eigenvalue weighted by Gasteiger charge is -2.42. The van der Waals surface area contributed by atoms with E-state index in [0.29, 0.717) is 18.0 Å². The highest BCUT2D eigenvalue weighted by molar-refractivity contribution is 5.54. The lowest BCUT2D eigenvalue weighted by Crippen LogP contribution is -2.57. The van der Waals surface area contributed by atoms with E-state index in [1.165, 1.54) is 0 Å². The molecule has 0 saturated carbocycles. The van der Waals surface area contributed by atoms with Crippen molar-refractivity contribution in [3.05, 3.63) is 29.6 Å². The molecule has 1 aliphatic rings. The first kappa shape index (κ1) is 13.3. The number of aryl methyl sites for hydroxylation is 1. The Balaban J connectivity index is 2.24. The highest BCUT2D eigenvalue weighted by Gasteiger charge is 2.27. The SMILES string of the molecule is Cc1cc(F)ccc1N1CC(C(C)C)NCC1C. The monoisotopic (exact) mass is 250 g/mol. The maximum atomic E-state index is 13.2. The van der Waals surface area contributed by atoms with Crippen molar-refractivity contribution in [2.45, 2.75) is 39.8 Å². The van der Waals surface area contributed by atoms with Crippen molar-refractivity contribution in [3.8, 4) is 0 Å². The Labute approximate surface area is 109 Å². The molecule has 1 heterocycles. The average molecular weight is 250 g/mol. The highest BCUT2D eigenvalue weighted by Crippen LogP contribution is 2.25. The molecule has 2 atom stereocenters. The number of halogens is 1. The van der Waals surface area contributed by atoms with Crippen LogP contribution >= 0.6 is 0 Å². The first-order chi connectivity index (χ1) is 8.49. The van der Waals surface area contributed by atoms with Crippen LogP contribution in [0.1, 0.15) is 26.3 Å². The van der Waals surface area contributed by atoms with E-state index in [9.17, 15) is 4.39 Å². The maximum absolute atomic E-state index is 13.2. The zero-order valence-electron chi connectivity index (χ0n) is 11.7. The average Bonchev–Trinajstić information content (AvgIpc) is 2.30. The predicted molar refractivity (Wildman–Crippen MR) is 74.6 cm³/mol. The van der Waals surface area contributed by atoms with Gasteiger partial charge in [-0.05, 0) is 43.5 Å². The Hall–Kier alpha value is -1.09. The standard InChI is InChI=1S/C15H23FN2/c1-10(2)14-9-18(12(4)8-17-14)15-6-5-13(16)7-11(15)3/h5-7,10,12,14,17H,8-9H2,1-4H3. The number of anilines is 1. The molecule has 0 aliphatic carbocycles. The molecule has 18 heavy (non-hydrogen) atoms. The first-order valence-electron chi connectivity index (χ1n) is 6.75. The van der Waals surface area contributed by atoms with Crippen molar-refractivity contribution in [1.82, 2.24) is 5.32 Å². The van der Waals surface area contributed by atoms with Crippen molar-refractivity contribution in [1.29, 1.82) is 0 Å². The van der Waals surface area contributed by atoms with Crippen LogP contribution in [-0.2, 0) is 0 Å². The molecule has 0 radical (unpaired) electrons. The summed E-state index contributed by atoms with van der Waals surface area (Å²) in [6.07, 6.45) is 0. The third-order valence-electron chi connectivity index (χ3n) is 3.87. The Morgan fingerprint density at radius 3 is 2.72 bits per heavy atom. The van der Waals surface area contributed by atoms with Gasteiger partial charge in [0.05, 0.1) is 0 Å². The molecule has 1 aromatic carbocycles. The topological polar surface area (TPSA) is 15.3 Å². The second kappa shape index (κ2) is 5.27. The molecule has 1 saturated heterocycles. The molecule has 2 unspecified atom stereocenters. The van der Waals surface area contributed by atoms with Gasteiger partial charge in [0.2, 0.25) is 0 Å². The van der Waals surface area contributed by atoms with E-state index in [0.717, 1.165) is 24.3 Å². The lowest BCUT2D eigenvalue weighted by molar-refractivity contribution is 0.336. The molecular weight excluding hydrogens is 227 g/mol. The molecule has 1 aromatic rings. The van der Waals surface area contributed by atoms with E-state index < -0.39 is 0 Å². The second-order valence-corrected chi connectivity index (χ2v) is 5.69. The summed E-state index contributed by atoms with van der Waals surface area (Å²) >= 11 is 0. The van der Waals surface area contributed by atoms with E-state index in [1.54, 1.807) is 12.1 Å². The molecule has 0 aromatic heterocycles. The largest absolute Gasteiger partial charge is 0.366 e. The zero-order valence-corrected chi connectivity index (χ0v) is 11.7. The molecule has 2 nitrogen and oxygen atoms in total. The van der Waals surface area contributed by atoms with Crippen LogP contribution in [0.15, 0.2) is 18.2 Å². The molecule has 3 heteroatoms. The van der Waals surface area contributed by atoms with Gasteiger partial charge in [0, 0.05) is 30.9 Å². The van der Waals surface area contributed by atoms with E-state index in [1.807, 2.05) is 13.0 Å². The van der Waals surface area contributed by atoms with Gasteiger partial charge in [0.15, 0.2) is 0 Å². The number of nitrogens with zero attached hydrogens (tertiary/aromatic N) is 1. The summed E-state index contributed by atoms with van der Waals surface area (Å²) in [7, 11) is 0. The van der Waals surface area contributed by atoms with Gasteiger partial charge in [0.1, 0.15) is 5.82 Å². The van der Waals surface area contributed by atoms with Crippen LogP contribution in [-0.4, -0.2) is 25.2 Å². The quantitative estimate of drug-likeness (QED) is 0.868. The van der Waals surface area contributed by atoms with Crippen molar-refractivity contribution >= 4 is 5.69 Å². The fraction of sp³-hybridized carbons (Fsp3) is 0.600. The molecule has 0 bridgehead atoms. The smallest absolute Gasteiger partial charge is 0.123 e. The Bertz CT molecular complexity index is 417. The van der Waals surface area contributed by atoms with Crippen LogP contribution in [0, 0.1) is 18.7 Å². The molecule has 1 fully saturated rings. The van der Waals surface area contributed by atoms with E-state index in [4.69, 9.17) is 0 Å². The van der Waals surface area contributed by atoms with E-state index >= 15 is 0 Å². The van der Waals surface area contributed by atoms with Crippen molar-refractivity contribution in [2.24, 2.45) is 5.92 Å². The summed E-state index contributed by atoms with van der Waals surface area (Å²) in [6.45, 7) is 10.7. The molecule has 1 aliphatic heterocycles. The fourth-order valence-corrected chi connectivity index (χ4v) is 2.61. The number of benzene rings is 1. The lowest BCUT2D eigenvalue weighted by atomic mass is 9.98. The summed E-state index contributed by atoms with van der Waals surface area (Å²) in [5.74, 6) is 0.459. The molecule has 100 valence electrons. The van der Waals surface area contributed by atoms with Crippen molar-refractivity contribution in [3.63, 3.8) is 0 Å². The number of hydrogen-bond donors (Lipinski definition) is 1. The van der Waals surface area contributed by atoms with Gasteiger partial charge in [-0.1, -0.05) is 13.8 Å². The van der Waals surface area contributed by atoms with Gasteiger partial charge >= 0.3 is 0 Å². The van der Waals surface area contributed by atoms with Gasteiger partial charge < -0.3 is 10.2 Å². The highest BCUT2D eigenvalue weighted by atomic mass is 19.1. The number of rotatable bonds is 2. The summed E-state index contributed by atoms with van der Waals surface area (Å²) in [5, 5.41) is 3.58. The van der Waals surface area contributed by atoms with Gasteiger partial charge in [-0.15, -0.1) is 0 Å². The second-order valence-electron chi connectivity index (χ2n) is 5.69. The molecule has 0 amide bonds. The molecule has 1 N–H and O–H groups in total. The van der Waals surface area contributed by atoms with Crippen LogP contribution in [0.4, 0.5) is 10.1 Å². The third-order valence-corrected chi connectivity index (χ3v) is 3.87. The number of hydrogen-bond acceptors (Lipinski definition) is 2. The van der Waals surface area contributed by atoms with Crippen LogP contribution in [0.5, 0.6) is 0 Å². The minimum atomic E-state index is -0.153. The van der Waals surface area contributed by atoms with Crippen molar-refractivity contribution < 1.29 is 4.39 Å². The molecular formula is C15H23FN2. The minimum Gasteiger partial charge on any atom is -0.366 e. The van der Waals surface area contributed by atoms with Gasteiger partial charge in [-0.25, -0.2) is 4.39 Å². The molecule has 2 rings (SSSR count). The number of nitrogens with one attached hydrogen (secondary N) is 1. The van der Waals surface area contributed by atoms with E-state index in [-0.39, 0.29) is 5.82 Å². The number of piperazine rings is 1. The minimum absolute atomic E-state index is 0.153. The van der Waals surface area contributed by atoms with Crippen LogP contribution in [0.25, 0.3) is 0 Å². The Kier molecular flexibility index (Phi) is 3.91. The summed E-state index contributed by atoms with van der Waals surface area (Å²) < 4.78 is 13.2. The summed E-state index contributed by atoms with van der Waals surface area (Å²) in [6, 6.07) is 6.04. The van der Waals surface area contributed by atoms with Crippen LogP contribution < -0.4 is 10.2 Å². The van der Waals surface area contributed by atoms with E-state index in [2.05, 4.69) is 31.0 Å². The zero-order chi connectivity index (χ0) is 13.3.